The summed E-state index contributed by atoms with van der Waals surface area (Å²) in [5.41, 5.74) is 0. The van der Waals surface area contributed by atoms with E-state index in [2.05, 4.69) is 25.1 Å². The number of furan rings is 1. The largest absolute Gasteiger partial charge is 0.461 e. The van der Waals surface area contributed by atoms with Crippen molar-refractivity contribution < 1.29 is 9.21 Å². The Hall–Kier alpha value is -2.88. The SMILES string of the molecule is CCn1c(SCC(=O)N2CCN(c3cnccn3)CC2)nnc1-c1ccco1. The molecule has 4 heterocycles. The maximum Gasteiger partial charge on any atom is 0.233 e. The quantitative estimate of drug-likeness (QED) is 0.579. The zero-order valence-corrected chi connectivity index (χ0v) is 16.4. The first-order valence-electron chi connectivity index (χ1n) is 9.15. The van der Waals surface area contributed by atoms with Crippen molar-refractivity contribution in [2.75, 3.05) is 36.8 Å². The first-order chi connectivity index (χ1) is 13.8. The summed E-state index contributed by atoms with van der Waals surface area (Å²) in [6.45, 7) is 5.58. The Morgan fingerprint density at radius 3 is 2.75 bits per heavy atom. The van der Waals surface area contributed by atoms with Crippen LogP contribution in [0.5, 0.6) is 0 Å². The van der Waals surface area contributed by atoms with E-state index in [1.54, 1.807) is 24.9 Å². The second-order valence-corrected chi connectivity index (χ2v) is 7.19. The number of carbonyl (C=O) groups is 1. The molecule has 0 saturated carbocycles. The molecule has 1 saturated heterocycles. The number of carbonyl (C=O) groups excluding carboxylic acids is 1. The minimum atomic E-state index is 0.106. The summed E-state index contributed by atoms with van der Waals surface area (Å²) in [6, 6.07) is 3.67. The Morgan fingerprint density at radius 2 is 2.07 bits per heavy atom. The van der Waals surface area contributed by atoms with Crippen molar-refractivity contribution >= 4 is 23.5 Å². The molecule has 9 nitrogen and oxygen atoms in total. The van der Waals surface area contributed by atoms with Gasteiger partial charge in [-0.15, -0.1) is 10.2 Å². The lowest BCUT2D eigenvalue weighted by molar-refractivity contribution is -0.128. The van der Waals surface area contributed by atoms with Gasteiger partial charge < -0.3 is 14.2 Å². The van der Waals surface area contributed by atoms with Gasteiger partial charge in [0.05, 0.1) is 18.2 Å². The Balaban J connectivity index is 1.33. The van der Waals surface area contributed by atoms with Crippen LogP contribution >= 0.6 is 11.8 Å². The van der Waals surface area contributed by atoms with Crippen molar-refractivity contribution in [1.29, 1.82) is 0 Å². The van der Waals surface area contributed by atoms with Gasteiger partial charge in [-0.2, -0.15) is 0 Å². The highest BCUT2D eigenvalue weighted by molar-refractivity contribution is 7.99. The molecule has 0 atom stereocenters. The van der Waals surface area contributed by atoms with Crippen molar-refractivity contribution in [3.8, 4) is 11.6 Å². The summed E-state index contributed by atoms with van der Waals surface area (Å²) in [4.78, 5) is 25.1. The maximum atomic E-state index is 12.6. The van der Waals surface area contributed by atoms with Gasteiger partial charge in [0.25, 0.3) is 0 Å². The van der Waals surface area contributed by atoms with Gasteiger partial charge in [-0.3, -0.25) is 14.3 Å². The molecule has 1 aliphatic heterocycles. The lowest BCUT2D eigenvalue weighted by Crippen LogP contribution is -2.49. The molecule has 3 aromatic rings. The Kier molecular flexibility index (Phi) is 5.56. The van der Waals surface area contributed by atoms with E-state index in [1.807, 2.05) is 28.5 Å². The van der Waals surface area contributed by atoms with Crippen LogP contribution in [0.3, 0.4) is 0 Å². The molecule has 0 aromatic carbocycles. The van der Waals surface area contributed by atoms with Gasteiger partial charge in [-0.25, -0.2) is 4.98 Å². The van der Waals surface area contributed by atoms with Crippen molar-refractivity contribution in [3.63, 3.8) is 0 Å². The number of hydrogen-bond acceptors (Lipinski definition) is 8. The van der Waals surface area contributed by atoms with Crippen molar-refractivity contribution in [1.82, 2.24) is 29.6 Å². The van der Waals surface area contributed by atoms with E-state index in [-0.39, 0.29) is 5.91 Å². The predicted octanol–water partition coefficient (Wildman–Crippen LogP) is 1.79. The highest BCUT2D eigenvalue weighted by Gasteiger charge is 2.23. The summed E-state index contributed by atoms with van der Waals surface area (Å²) in [5.74, 6) is 2.65. The molecule has 4 rings (SSSR count). The van der Waals surface area contributed by atoms with Gasteiger partial charge in [-0.1, -0.05) is 11.8 Å². The van der Waals surface area contributed by atoms with Crippen molar-refractivity contribution in [2.24, 2.45) is 0 Å². The smallest absolute Gasteiger partial charge is 0.233 e. The predicted molar refractivity (Wildman–Crippen MR) is 105 cm³/mol. The fourth-order valence-corrected chi connectivity index (χ4v) is 4.03. The normalized spacial score (nSPS) is 14.5. The van der Waals surface area contributed by atoms with Gasteiger partial charge in [0.1, 0.15) is 5.82 Å². The number of hydrogen-bond donors (Lipinski definition) is 0. The van der Waals surface area contributed by atoms with Crippen LogP contribution in [0.15, 0.2) is 46.6 Å². The zero-order chi connectivity index (χ0) is 19.3. The molecule has 1 amide bonds. The van der Waals surface area contributed by atoms with Crippen molar-refractivity contribution in [2.45, 2.75) is 18.6 Å². The monoisotopic (exact) mass is 399 g/mol. The maximum absolute atomic E-state index is 12.6. The number of rotatable bonds is 6. The highest BCUT2D eigenvalue weighted by Crippen LogP contribution is 2.24. The number of anilines is 1. The van der Waals surface area contributed by atoms with Crippen LogP contribution in [0.4, 0.5) is 5.82 Å². The second kappa shape index (κ2) is 8.42. The highest BCUT2D eigenvalue weighted by atomic mass is 32.2. The minimum Gasteiger partial charge on any atom is -0.461 e. The lowest BCUT2D eigenvalue weighted by Gasteiger charge is -2.35. The fraction of sp³-hybridized carbons (Fsp3) is 0.389. The standard InChI is InChI=1S/C18H21N7O2S/c1-2-25-17(14-4-3-11-27-14)21-22-18(25)28-13-16(26)24-9-7-23(8-10-24)15-12-19-5-6-20-15/h3-6,11-12H,2,7-10,13H2,1H3. The molecule has 1 fully saturated rings. The van der Waals surface area contributed by atoms with Crippen LogP contribution in [0.25, 0.3) is 11.6 Å². The Labute approximate surface area is 166 Å². The molecule has 0 aliphatic carbocycles. The summed E-state index contributed by atoms with van der Waals surface area (Å²) < 4.78 is 7.38. The fourth-order valence-electron chi connectivity index (χ4n) is 3.13. The van der Waals surface area contributed by atoms with E-state index in [4.69, 9.17) is 4.42 Å². The van der Waals surface area contributed by atoms with Crippen LogP contribution in [-0.2, 0) is 11.3 Å². The summed E-state index contributed by atoms with van der Waals surface area (Å²) >= 11 is 1.41. The van der Waals surface area contributed by atoms with Gasteiger partial charge in [0, 0.05) is 45.1 Å². The van der Waals surface area contributed by atoms with E-state index in [9.17, 15) is 4.79 Å². The Bertz CT molecular complexity index is 905. The lowest BCUT2D eigenvalue weighted by atomic mass is 10.3. The van der Waals surface area contributed by atoms with E-state index < -0.39 is 0 Å². The molecule has 0 bridgehead atoms. The summed E-state index contributed by atoms with van der Waals surface area (Å²) in [7, 11) is 0. The molecule has 0 spiro atoms. The topological polar surface area (TPSA) is 93.2 Å². The van der Waals surface area contributed by atoms with E-state index in [0.29, 0.717) is 37.0 Å². The molecule has 3 aromatic heterocycles. The average molecular weight is 399 g/mol. The summed E-state index contributed by atoms with van der Waals surface area (Å²) in [5, 5.41) is 9.17. The third-order valence-corrected chi connectivity index (χ3v) is 5.56. The van der Waals surface area contributed by atoms with Crippen LogP contribution in [0.2, 0.25) is 0 Å². The number of piperazine rings is 1. The van der Waals surface area contributed by atoms with Gasteiger partial charge in [0.2, 0.25) is 5.91 Å². The number of thioether (sulfide) groups is 1. The van der Waals surface area contributed by atoms with Gasteiger partial charge >= 0.3 is 0 Å². The molecule has 0 radical (unpaired) electrons. The van der Waals surface area contributed by atoms with Crippen LogP contribution in [-0.4, -0.2) is 67.5 Å². The molecule has 28 heavy (non-hydrogen) atoms. The molecule has 0 N–H and O–H groups in total. The van der Waals surface area contributed by atoms with Crippen LogP contribution in [0.1, 0.15) is 6.92 Å². The third kappa shape index (κ3) is 3.86. The third-order valence-electron chi connectivity index (χ3n) is 4.61. The molecule has 146 valence electrons. The number of nitrogens with zero attached hydrogens (tertiary/aromatic N) is 7. The molecular formula is C18H21N7O2S. The molecule has 1 aliphatic rings. The van der Waals surface area contributed by atoms with E-state index in [1.165, 1.54) is 11.8 Å². The van der Waals surface area contributed by atoms with Crippen LogP contribution < -0.4 is 4.90 Å². The van der Waals surface area contributed by atoms with Crippen molar-refractivity contribution in [3.05, 3.63) is 37.0 Å². The van der Waals surface area contributed by atoms with E-state index in [0.717, 1.165) is 24.1 Å². The van der Waals surface area contributed by atoms with Gasteiger partial charge in [0.15, 0.2) is 16.7 Å². The van der Waals surface area contributed by atoms with Crippen LogP contribution in [0, 0.1) is 0 Å². The first-order valence-corrected chi connectivity index (χ1v) is 10.1. The minimum absolute atomic E-state index is 0.106. The first kappa shape index (κ1) is 18.5. The van der Waals surface area contributed by atoms with E-state index >= 15 is 0 Å². The summed E-state index contributed by atoms with van der Waals surface area (Å²) in [6.07, 6.45) is 6.71. The molecular weight excluding hydrogens is 378 g/mol. The van der Waals surface area contributed by atoms with Gasteiger partial charge in [-0.05, 0) is 19.1 Å². The average Bonchev–Trinajstić information content (AvgIpc) is 3.42. The second-order valence-electron chi connectivity index (χ2n) is 6.25. The number of aromatic nitrogens is 5. The molecule has 10 heteroatoms. The Morgan fingerprint density at radius 1 is 1.21 bits per heavy atom. The zero-order valence-electron chi connectivity index (χ0n) is 15.6. The molecule has 0 unspecified atom stereocenters. The number of amides is 1.